The highest BCUT2D eigenvalue weighted by molar-refractivity contribution is 6.07. The minimum atomic E-state index is 0.0456. The van der Waals surface area contributed by atoms with Crippen LogP contribution in [-0.4, -0.2) is 16.9 Å². The maximum atomic E-state index is 12.9. The highest BCUT2D eigenvalue weighted by Gasteiger charge is 2.24. The number of amides is 1. The van der Waals surface area contributed by atoms with Crippen LogP contribution in [0, 0.1) is 26.7 Å². The molecule has 1 aliphatic carbocycles. The van der Waals surface area contributed by atoms with Crippen LogP contribution in [0.2, 0.25) is 0 Å². The summed E-state index contributed by atoms with van der Waals surface area (Å²) in [6.45, 7) is 8.33. The zero-order valence-electron chi connectivity index (χ0n) is 14.6. The van der Waals surface area contributed by atoms with Gasteiger partial charge in [0.05, 0.1) is 11.1 Å². The van der Waals surface area contributed by atoms with Crippen LogP contribution in [0.25, 0.3) is 10.9 Å². The van der Waals surface area contributed by atoms with Gasteiger partial charge >= 0.3 is 0 Å². The molecule has 0 bridgehead atoms. The Kier molecular flexibility index (Phi) is 4.38. The standard InChI is InChI=1S/C20H26N2O/c1-12-9-14(3)19-16(10-12)17(11-15(4)21-19)20(23)22-18-8-6-5-7-13(18)2/h9-11,13,18H,5-8H2,1-4H3,(H,22,23)/t13-,18+/m1/s1. The number of aryl methyl sites for hydroxylation is 3. The topological polar surface area (TPSA) is 42.0 Å². The molecule has 0 spiro atoms. The smallest absolute Gasteiger partial charge is 0.252 e. The summed E-state index contributed by atoms with van der Waals surface area (Å²) in [6.07, 6.45) is 4.79. The summed E-state index contributed by atoms with van der Waals surface area (Å²) in [5, 5.41) is 4.24. The lowest BCUT2D eigenvalue weighted by molar-refractivity contribution is 0.0912. The fraction of sp³-hybridized carbons (Fsp3) is 0.500. The number of hydrogen-bond donors (Lipinski definition) is 1. The number of pyridine rings is 1. The molecule has 3 nitrogen and oxygen atoms in total. The predicted octanol–water partition coefficient (Wildman–Crippen LogP) is 4.47. The van der Waals surface area contributed by atoms with Crippen LogP contribution < -0.4 is 5.32 Å². The fourth-order valence-electron chi connectivity index (χ4n) is 3.77. The van der Waals surface area contributed by atoms with Crippen molar-refractivity contribution in [2.45, 2.75) is 59.4 Å². The van der Waals surface area contributed by atoms with Crippen LogP contribution in [0.15, 0.2) is 18.2 Å². The molecule has 1 fully saturated rings. The Bertz CT molecular complexity index is 751. The second-order valence-electron chi connectivity index (χ2n) is 7.13. The molecule has 1 N–H and O–H groups in total. The second kappa shape index (κ2) is 6.31. The van der Waals surface area contributed by atoms with Gasteiger partial charge < -0.3 is 5.32 Å². The molecule has 0 saturated heterocycles. The maximum absolute atomic E-state index is 12.9. The summed E-state index contributed by atoms with van der Waals surface area (Å²) >= 11 is 0. The molecule has 23 heavy (non-hydrogen) atoms. The van der Waals surface area contributed by atoms with Crippen molar-refractivity contribution in [3.05, 3.63) is 40.6 Å². The van der Waals surface area contributed by atoms with Crippen LogP contribution >= 0.6 is 0 Å². The number of carbonyl (C=O) groups excluding carboxylic acids is 1. The van der Waals surface area contributed by atoms with Gasteiger partial charge in [-0.05, 0) is 57.2 Å². The molecule has 1 heterocycles. The Morgan fingerprint density at radius 1 is 1.13 bits per heavy atom. The lowest BCUT2D eigenvalue weighted by Gasteiger charge is -2.29. The number of nitrogens with zero attached hydrogens (tertiary/aromatic N) is 1. The third-order valence-corrected chi connectivity index (χ3v) is 5.05. The van der Waals surface area contributed by atoms with Gasteiger partial charge in [-0.3, -0.25) is 9.78 Å². The second-order valence-corrected chi connectivity index (χ2v) is 7.13. The van der Waals surface area contributed by atoms with Crippen molar-refractivity contribution >= 4 is 16.8 Å². The van der Waals surface area contributed by atoms with Crippen molar-refractivity contribution in [1.29, 1.82) is 0 Å². The molecule has 1 aromatic carbocycles. The maximum Gasteiger partial charge on any atom is 0.252 e. The van der Waals surface area contributed by atoms with E-state index in [0.717, 1.165) is 34.1 Å². The number of hydrogen-bond acceptors (Lipinski definition) is 2. The molecule has 122 valence electrons. The predicted molar refractivity (Wildman–Crippen MR) is 94.8 cm³/mol. The lowest BCUT2D eigenvalue weighted by Crippen LogP contribution is -2.41. The molecule has 3 rings (SSSR count). The summed E-state index contributed by atoms with van der Waals surface area (Å²) in [4.78, 5) is 17.5. The quantitative estimate of drug-likeness (QED) is 0.889. The van der Waals surface area contributed by atoms with Crippen molar-refractivity contribution < 1.29 is 4.79 Å². The number of aromatic nitrogens is 1. The highest BCUT2D eigenvalue weighted by atomic mass is 16.1. The Hall–Kier alpha value is -1.90. The van der Waals surface area contributed by atoms with E-state index in [0.29, 0.717) is 12.0 Å². The Balaban J connectivity index is 1.99. The zero-order chi connectivity index (χ0) is 16.6. The normalized spacial score (nSPS) is 21.4. The first-order chi connectivity index (χ1) is 11.0. The van der Waals surface area contributed by atoms with E-state index in [-0.39, 0.29) is 5.91 Å². The van der Waals surface area contributed by atoms with Crippen LogP contribution in [-0.2, 0) is 0 Å². The van der Waals surface area contributed by atoms with E-state index < -0.39 is 0 Å². The van der Waals surface area contributed by atoms with Crippen LogP contribution in [0.1, 0.15) is 59.8 Å². The first-order valence-electron chi connectivity index (χ1n) is 8.65. The minimum absolute atomic E-state index is 0.0456. The minimum Gasteiger partial charge on any atom is -0.349 e. The molecule has 0 aliphatic heterocycles. The summed E-state index contributed by atoms with van der Waals surface area (Å²) in [7, 11) is 0. The lowest BCUT2D eigenvalue weighted by atomic mass is 9.85. The number of rotatable bonds is 2. The van der Waals surface area contributed by atoms with Gasteiger partial charge in [0, 0.05) is 17.1 Å². The van der Waals surface area contributed by atoms with Gasteiger partial charge in [-0.25, -0.2) is 0 Å². The largest absolute Gasteiger partial charge is 0.349 e. The molecule has 0 radical (unpaired) electrons. The molecular weight excluding hydrogens is 284 g/mol. The summed E-state index contributed by atoms with van der Waals surface area (Å²) in [5.41, 5.74) is 4.89. The van der Waals surface area contributed by atoms with Gasteiger partial charge in [-0.15, -0.1) is 0 Å². The van der Waals surface area contributed by atoms with Gasteiger partial charge in [-0.1, -0.05) is 31.4 Å². The molecule has 1 aliphatic rings. The summed E-state index contributed by atoms with van der Waals surface area (Å²) in [5.74, 6) is 0.606. The molecule has 1 aromatic heterocycles. The SMILES string of the molecule is Cc1cc(C)c2nc(C)cc(C(=O)N[C@H]3CCCC[C@H]3C)c2c1. The van der Waals surface area contributed by atoms with E-state index in [4.69, 9.17) is 0 Å². The number of benzene rings is 1. The molecule has 1 amide bonds. The average molecular weight is 310 g/mol. The molecule has 0 unspecified atom stereocenters. The van der Waals surface area contributed by atoms with E-state index in [9.17, 15) is 4.79 Å². The van der Waals surface area contributed by atoms with Crippen LogP contribution in [0.4, 0.5) is 0 Å². The van der Waals surface area contributed by atoms with Gasteiger partial charge in [-0.2, -0.15) is 0 Å². The third-order valence-electron chi connectivity index (χ3n) is 5.05. The number of fused-ring (bicyclic) bond motifs is 1. The van der Waals surface area contributed by atoms with E-state index >= 15 is 0 Å². The number of carbonyl (C=O) groups is 1. The zero-order valence-corrected chi connectivity index (χ0v) is 14.6. The van der Waals surface area contributed by atoms with Crippen LogP contribution in [0.3, 0.4) is 0 Å². The fourth-order valence-corrected chi connectivity index (χ4v) is 3.77. The van der Waals surface area contributed by atoms with Gasteiger partial charge in [0.2, 0.25) is 0 Å². The molecule has 1 saturated carbocycles. The Morgan fingerprint density at radius 3 is 2.61 bits per heavy atom. The van der Waals surface area contributed by atoms with E-state index in [1.54, 1.807) is 0 Å². The summed E-state index contributed by atoms with van der Waals surface area (Å²) < 4.78 is 0. The first kappa shape index (κ1) is 16.0. The van der Waals surface area contributed by atoms with Crippen molar-refractivity contribution in [3.63, 3.8) is 0 Å². The monoisotopic (exact) mass is 310 g/mol. The Labute approximate surface area is 138 Å². The molecule has 2 atom stereocenters. The van der Waals surface area contributed by atoms with Crippen molar-refractivity contribution in [2.24, 2.45) is 5.92 Å². The van der Waals surface area contributed by atoms with Gasteiger partial charge in [0.25, 0.3) is 5.91 Å². The van der Waals surface area contributed by atoms with Crippen LogP contribution in [0.5, 0.6) is 0 Å². The van der Waals surface area contributed by atoms with Crippen molar-refractivity contribution in [1.82, 2.24) is 10.3 Å². The third kappa shape index (κ3) is 3.24. The van der Waals surface area contributed by atoms with E-state index in [1.807, 2.05) is 13.0 Å². The summed E-state index contributed by atoms with van der Waals surface area (Å²) in [6, 6.07) is 6.42. The average Bonchev–Trinajstić information content (AvgIpc) is 2.49. The van der Waals surface area contributed by atoms with Crippen molar-refractivity contribution in [2.75, 3.05) is 0 Å². The van der Waals surface area contributed by atoms with Gasteiger partial charge in [0.15, 0.2) is 0 Å². The first-order valence-corrected chi connectivity index (χ1v) is 8.65. The number of nitrogens with one attached hydrogen (secondary N) is 1. The van der Waals surface area contributed by atoms with Crippen molar-refractivity contribution in [3.8, 4) is 0 Å². The molecule has 2 aromatic rings. The van der Waals surface area contributed by atoms with E-state index in [1.165, 1.54) is 24.8 Å². The van der Waals surface area contributed by atoms with Gasteiger partial charge in [0.1, 0.15) is 0 Å². The Morgan fingerprint density at radius 2 is 1.87 bits per heavy atom. The molecule has 3 heteroatoms. The molecular formula is C20H26N2O. The highest BCUT2D eigenvalue weighted by Crippen LogP contribution is 2.26. The van der Waals surface area contributed by atoms with E-state index in [2.05, 4.69) is 43.2 Å².